The summed E-state index contributed by atoms with van der Waals surface area (Å²) in [6.45, 7) is 0. The maximum atomic E-state index is 15.2. The van der Waals surface area contributed by atoms with Crippen LogP contribution in [0.4, 0.5) is 0 Å². The molecule has 2 unspecified atom stereocenters. The summed E-state index contributed by atoms with van der Waals surface area (Å²) < 4.78 is 6.60. The number of fused-ring (bicyclic) bond motifs is 1. The number of amides is 2. The summed E-state index contributed by atoms with van der Waals surface area (Å²) in [4.78, 5) is 44.6. The number of hydrogen-bond acceptors (Lipinski definition) is 5. The zero-order valence-corrected chi connectivity index (χ0v) is 34.8. The fraction of sp³-hybridized carbons (Fsp3) is 0.173. The minimum atomic E-state index is -0.876. The van der Waals surface area contributed by atoms with Crippen molar-refractivity contribution in [3.63, 3.8) is 0 Å². The van der Waals surface area contributed by atoms with Crippen LogP contribution in [-0.4, -0.2) is 46.0 Å². The van der Waals surface area contributed by atoms with Crippen LogP contribution in [0.15, 0.2) is 205 Å². The van der Waals surface area contributed by atoms with Gasteiger partial charge in [-0.3, -0.25) is 14.5 Å². The minimum absolute atomic E-state index is 0.157. The molecule has 2 amide bonds. The maximum Gasteiger partial charge on any atom is 0.356 e. The Hall–Kier alpha value is -6.01. The molecule has 8 heteroatoms. The first-order valence-electron chi connectivity index (χ1n) is 20.5. The van der Waals surface area contributed by atoms with Gasteiger partial charge in [-0.2, -0.15) is 0 Å². The molecule has 3 aliphatic heterocycles. The molecule has 60 heavy (non-hydrogen) atoms. The molecular formula is C52H45N2O4PS. The van der Waals surface area contributed by atoms with E-state index in [-0.39, 0.29) is 23.9 Å². The SMILES string of the molecule is O=C(Cc1ccccc1)NC1C(=O)N2C(C(=O)OC(c3ccccc3)c3ccccc3)=C(C=C3P(c4ccccc4)CCCC3(c3ccccc3)c3ccccc3)CS[C@H]12. The Kier molecular flexibility index (Phi) is 11.6. The molecule has 0 aromatic heterocycles. The molecular weight excluding hydrogens is 780 g/mol. The second-order valence-electron chi connectivity index (χ2n) is 15.4. The van der Waals surface area contributed by atoms with Gasteiger partial charge in [-0.05, 0) is 70.9 Å². The van der Waals surface area contributed by atoms with Gasteiger partial charge in [0.05, 0.1) is 6.42 Å². The molecule has 6 aromatic rings. The summed E-state index contributed by atoms with van der Waals surface area (Å²) in [6.07, 6.45) is 4.62. The van der Waals surface area contributed by atoms with E-state index in [0.717, 1.165) is 41.3 Å². The van der Waals surface area contributed by atoms with Crippen LogP contribution in [0.2, 0.25) is 0 Å². The van der Waals surface area contributed by atoms with Crippen molar-refractivity contribution in [3.8, 4) is 0 Å². The monoisotopic (exact) mass is 824 g/mol. The molecule has 2 fully saturated rings. The van der Waals surface area contributed by atoms with Gasteiger partial charge >= 0.3 is 5.97 Å². The highest BCUT2D eigenvalue weighted by atomic mass is 32.2. The summed E-state index contributed by atoms with van der Waals surface area (Å²) in [5.41, 5.74) is 5.42. The van der Waals surface area contributed by atoms with Crippen LogP contribution in [0.5, 0.6) is 0 Å². The van der Waals surface area contributed by atoms with Gasteiger partial charge in [0, 0.05) is 11.2 Å². The van der Waals surface area contributed by atoms with Crippen molar-refractivity contribution >= 4 is 42.8 Å². The van der Waals surface area contributed by atoms with Gasteiger partial charge in [0.15, 0.2) is 6.10 Å². The molecule has 0 bridgehead atoms. The average molecular weight is 825 g/mol. The highest BCUT2D eigenvalue weighted by Gasteiger charge is 2.55. The van der Waals surface area contributed by atoms with Crippen LogP contribution in [0.3, 0.4) is 0 Å². The van der Waals surface area contributed by atoms with Gasteiger partial charge < -0.3 is 10.1 Å². The molecule has 0 saturated carbocycles. The van der Waals surface area contributed by atoms with Crippen LogP contribution in [0, 0.1) is 0 Å². The molecule has 298 valence electrons. The summed E-state index contributed by atoms with van der Waals surface area (Å²) in [5, 5.41) is 5.06. The van der Waals surface area contributed by atoms with Gasteiger partial charge in [0.1, 0.15) is 17.1 Å². The number of allylic oxidation sites excluding steroid dienone is 2. The van der Waals surface area contributed by atoms with E-state index in [0.29, 0.717) is 5.75 Å². The number of ether oxygens (including phenoxy) is 1. The zero-order chi connectivity index (χ0) is 40.9. The van der Waals surface area contributed by atoms with Crippen LogP contribution in [0.25, 0.3) is 0 Å². The second-order valence-corrected chi connectivity index (χ2v) is 18.8. The first-order valence-corrected chi connectivity index (χ1v) is 23.1. The van der Waals surface area contributed by atoms with Crippen LogP contribution >= 0.6 is 19.7 Å². The largest absolute Gasteiger partial charge is 0.448 e. The molecule has 9 rings (SSSR count). The Bertz CT molecular complexity index is 2440. The molecule has 6 aromatic carbocycles. The van der Waals surface area contributed by atoms with Gasteiger partial charge in [0.2, 0.25) is 5.91 Å². The zero-order valence-electron chi connectivity index (χ0n) is 33.1. The first-order chi connectivity index (χ1) is 29.5. The predicted octanol–water partition coefficient (Wildman–Crippen LogP) is 9.69. The number of rotatable bonds is 11. The molecule has 2 saturated heterocycles. The lowest BCUT2D eigenvalue weighted by Gasteiger charge is -2.50. The maximum absolute atomic E-state index is 15.2. The van der Waals surface area contributed by atoms with E-state index in [1.807, 2.05) is 91.0 Å². The summed E-state index contributed by atoms with van der Waals surface area (Å²) in [7, 11) is -0.876. The third-order valence-electron chi connectivity index (χ3n) is 11.7. The molecule has 0 aliphatic carbocycles. The van der Waals surface area contributed by atoms with Gasteiger partial charge in [-0.25, -0.2) is 4.79 Å². The number of nitrogens with one attached hydrogen (secondary N) is 1. The number of thioether (sulfide) groups is 1. The van der Waals surface area contributed by atoms with Crippen molar-refractivity contribution in [1.29, 1.82) is 0 Å². The first kappa shape index (κ1) is 39.5. The van der Waals surface area contributed by atoms with Crippen molar-refractivity contribution in [3.05, 3.63) is 232 Å². The van der Waals surface area contributed by atoms with E-state index in [1.165, 1.54) is 21.7 Å². The van der Waals surface area contributed by atoms with Gasteiger partial charge in [-0.1, -0.05) is 188 Å². The van der Waals surface area contributed by atoms with E-state index in [4.69, 9.17) is 4.74 Å². The molecule has 3 atom stereocenters. The Morgan fingerprint density at radius 3 is 1.82 bits per heavy atom. The summed E-state index contributed by atoms with van der Waals surface area (Å²) in [6, 6.07) is 60.4. The summed E-state index contributed by atoms with van der Waals surface area (Å²) in [5.74, 6) is -0.678. The van der Waals surface area contributed by atoms with Crippen molar-refractivity contribution in [2.75, 3.05) is 11.9 Å². The topological polar surface area (TPSA) is 75.7 Å². The minimum Gasteiger partial charge on any atom is -0.448 e. The van der Waals surface area contributed by atoms with Crippen molar-refractivity contribution in [2.45, 2.75) is 42.2 Å². The molecule has 3 heterocycles. The van der Waals surface area contributed by atoms with E-state index in [2.05, 4.69) is 102 Å². The van der Waals surface area contributed by atoms with E-state index in [1.54, 1.807) is 16.7 Å². The van der Waals surface area contributed by atoms with E-state index in [9.17, 15) is 9.59 Å². The van der Waals surface area contributed by atoms with E-state index >= 15 is 4.79 Å². The predicted molar refractivity (Wildman–Crippen MR) is 242 cm³/mol. The van der Waals surface area contributed by atoms with Crippen LogP contribution in [0.1, 0.15) is 46.8 Å². The number of nitrogens with zero attached hydrogens (tertiary/aromatic N) is 1. The Labute approximate surface area is 357 Å². The fourth-order valence-corrected chi connectivity index (χ4v) is 13.1. The number of β-lactam (4-membered cyclic amide) rings is 1. The number of hydrogen-bond donors (Lipinski definition) is 1. The molecule has 0 spiro atoms. The second kappa shape index (κ2) is 17.7. The molecule has 6 nitrogen and oxygen atoms in total. The lowest BCUT2D eigenvalue weighted by Crippen LogP contribution is -2.70. The number of benzene rings is 6. The van der Waals surface area contributed by atoms with Gasteiger partial charge in [0.25, 0.3) is 5.91 Å². The fourth-order valence-electron chi connectivity index (χ4n) is 8.92. The molecule has 3 aliphatic rings. The lowest BCUT2D eigenvalue weighted by atomic mass is 9.70. The highest BCUT2D eigenvalue weighted by Crippen LogP contribution is 2.62. The molecule has 0 radical (unpaired) electrons. The van der Waals surface area contributed by atoms with Crippen LogP contribution < -0.4 is 10.6 Å². The third kappa shape index (κ3) is 7.76. The standard InChI is InChI=1S/C52H45N2O4PS/c55-45(34-37-20-7-1-8-21-37)53-46-49(56)54-47(51(57)58-48(38-22-9-2-10-23-38)39-24-11-3-12-25-39)40(36-60-50(46)54)35-44-52(41-26-13-4-14-27-41,42-28-15-5-16-29-42)32-19-33-59(44)43-30-17-6-18-31-43/h1-18,20-31,35,46,48,50H,19,32-34,36H2,(H,53,55)/t46?,50-,59?/m1/s1. The number of carbonyl (C=O) groups is 3. The van der Waals surface area contributed by atoms with Crippen molar-refractivity contribution < 1.29 is 19.1 Å². The van der Waals surface area contributed by atoms with E-state index < -0.39 is 36.8 Å². The normalized spacial score (nSPS) is 20.3. The quantitative estimate of drug-likeness (QED) is 0.0801. The lowest BCUT2D eigenvalue weighted by molar-refractivity contribution is -0.154. The average Bonchev–Trinajstić information content (AvgIpc) is 3.31. The van der Waals surface area contributed by atoms with Crippen molar-refractivity contribution in [2.24, 2.45) is 0 Å². The third-order valence-corrected chi connectivity index (χ3v) is 15.8. The number of esters is 1. The summed E-state index contributed by atoms with van der Waals surface area (Å²) >= 11 is 1.58. The Morgan fingerprint density at radius 2 is 1.25 bits per heavy atom. The smallest absolute Gasteiger partial charge is 0.356 e. The van der Waals surface area contributed by atoms with Gasteiger partial charge in [-0.15, -0.1) is 11.8 Å². The Balaban J connectivity index is 1.19. The Morgan fingerprint density at radius 1 is 0.733 bits per heavy atom. The molecule has 1 N–H and O–H groups in total. The number of carbonyl (C=O) groups excluding carboxylic acids is 3. The van der Waals surface area contributed by atoms with Crippen LogP contribution in [-0.2, 0) is 31.0 Å². The highest BCUT2D eigenvalue weighted by molar-refractivity contribution is 8.00. The van der Waals surface area contributed by atoms with Crippen molar-refractivity contribution in [1.82, 2.24) is 10.2 Å².